The Morgan fingerprint density at radius 2 is 1.58 bits per heavy atom. The Hall–Kier alpha value is -2.49. The molecule has 1 saturated heterocycles. The number of amides is 1. The van der Waals surface area contributed by atoms with Gasteiger partial charge in [-0.25, -0.2) is 4.39 Å². The highest BCUT2D eigenvalue weighted by molar-refractivity contribution is 5.97. The molecule has 2 aromatic carbocycles. The highest BCUT2D eigenvalue weighted by Gasteiger charge is 2.28. The zero-order valence-electron chi connectivity index (χ0n) is 13.7. The molecule has 1 fully saturated rings. The predicted octanol–water partition coefficient (Wildman–Crippen LogP) is 4.40. The zero-order chi connectivity index (χ0) is 17.1. The van der Waals surface area contributed by atoms with Gasteiger partial charge in [0.2, 0.25) is 0 Å². The van der Waals surface area contributed by atoms with Crippen molar-refractivity contribution in [2.24, 2.45) is 0 Å². The molecule has 0 bridgehead atoms. The van der Waals surface area contributed by atoms with Crippen LogP contribution in [-0.4, -0.2) is 23.1 Å². The first-order valence-electron chi connectivity index (χ1n) is 8.23. The van der Waals surface area contributed by atoms with Gasteiger partial charge < -0.3 is 4.90 Å². The number of benzene rings is 2. The Kier molecular flexibility index (Phi) is 4.74. The van der Waals surface area contributed by atoms with E-state index in [1.54, 1.807) is 36.4 Å². The second-order valence-electron chi connectivity index (χ2n) is 6.20. The molecule has 1 atom stereocenters. The number of likely N-dealkylation sites (tertiary alicyclic amines) is 1. The van der Waals surface area contributed by atoms with Crippen molar-refractivity contribution >= 4 is 11.7 Å². The van der Waals surface area contributed by atoms with E-state index in [2.05, 4.69) is 0 Å². The summed E-state index contributed by atoms with van der Waals surface area (Å²) in [5.41, 5.74) is 2.14. The number of ketones is 1. The summed E-state index contributed by atoms with van der Waals surface area (Å²) < 4.78 is 13.2. The smallest absolute Gasteiger partial charge is 0.254 e. The van der Waals surface area contributed by atoms with E-state index in [0.717, 1.165) is 24.8 Å². The molecule has 24 heavy (non-hydrogen) atoms. The van der Waals surface area contributed by atoms with Gasteiger partial charge in [0.15, 0.2) is 5.78 Å². The largest absolute Gasteiger partial charge is 0.332 e. The monoisotopic (exact) mass is 325 g/mol. The van der Waals surface area contributed by atoms with Crippen LogP contribution >= 0.6 is 0 Å². The first-order valence-corrected chi connectivity index (χ1v) is 8.23. The number of hydrogen-bond donors (Lipinski definition) is 0. The van der Waals surface area contributed by atoms with Crippen LogP contribution in [0, 0.1) is 5.82 Å². The fraction of sp³-hybridized carbons (Fsp3) is 0.300. The normalized spacial score (nSPS) is 17.6. The minimum Gasteiger partial charge on any atom is -0.332 e. The Balaban J connectivity index is 1.85. The summed E-state index contributed by atoms with van der Waals surface area (Å²) in [4.78, 5) is 26.1. The average molecular weight is 325 g/mol. The van der Waals surface area contributed by atoms with Crippen LogP contribution in [0.3, 0.4) is 0 Å². The number of hydrogen-bond acceptors (Lipinski definition) is 2. The quantitative estimate of drug-likeness (QED) is 0.785. The van der Waals surface area contributed by atoms with Gasteiger partial charge in [-0.3, -0.25) is 9.59 Å². The highest BCUT2D eigenvalue weighted by atomic mass is 19.1. The van der Waals surface area contributed by atoms with Crippen LogP contribution in [0.1, 0.15) is 58.5 Å². The van der Waals surface area contributed by atoms with Gasteiger partial charge >= 0.3 is 0 Å². The van der Waals surface area contributed by atoms with E-state index in [1.165, 1.54) is 19.1 Å². The van der Waals surface area contributed by atoms with Gasteiger partial charge in [0, 0.05) is 17.7 Å². The molecule has 1 aliphatic rings. The summed E-state index contributed by atoms with van der Waals surface area (Å²) >= 11 is 0. The maximum atomic E-state index is 13.2. The third-order valence-electron chi connectivity index (χ3n) is 4.56. The lowest BCUT2D eigenvalue weighted by Crippen LogP contribution is -2.38. The third kappa shape index (κ3) is 3.37. The van der Waals surface area contributed by atoms with Gasteiger partial charge in [0.05, 0.1) is 6.04 Å². The number of nitrogens with zero attached hydrogens (tertiary/aromatic N) is 1. The molecule has 0 aliphatic carbocycles. The molecule has 2 aromatic rings. The van der Waals surface area contributed by atoms with Crippen LogP contribution in [0.2, 0.25) is 0 Å². The first kappa shape index (κ1) is 16.4. The Morgan fingerprint density at radius 3 is 2.21 bits per heavy atom. The molecule has 3 nitrogen and oxygen atoms in total. The van der Waals surface area contributed by atoms with Crippen molar-refractivity contribution in [2.45, 2.75) is 32.2 Å². The number of piperidine rings is 1. The fourth-order valence-corrected chi connectivity index (χ4v) is 3.22. The van der Waals surface area contributed by atoms with E-state index in [4.69, 9.17) is 0 Å². The highest BCUT2D eigenvalue weighted by Crippen LogP contribution is 2.32. The van der Waals surface area contributed by atoms with Gasteiger partial charge in [-0.2, -0.15) is 0 Å². The maximum Gasteiger partial charge on any atom is 0.254 e. The van der Waals surface area contributed by atoms with Crippen molar-refractivity contribution in [1.29, 1.82) is 0 Å². The van der Waals surface area contributed by atoms with Crippen molar-refractivity contribution in [3.63, 3.8) is 0 Å². The summed E-state index contributed by atoms with van der Waals surface area (Å²) in [5, 5.41) is 0. The Morgan fingerprint density at radius 1 is 0.958 bits per heavy atom. The topological polar surface area (TPSA) is 37.4 Å². The lowest BCUT2D eigenvalue weighted by molar-refractivity contribution is 0.0611. The zero-order valence-corrected chi connectivity index (χ0v) is 13.7. The summed E-state index contributed by atoms with van der Waals surface area (Å²) in [6.07, 6.45) is 2.90. The molecule has 0 unspecified atom stereocenters. The molecule has 4 heteroatoms. The van der Waals surface area contributed by atoms with Gasteiger partial charge in [0.1, 0.15) is 5.82 Å². The third-order valence-corrected chi connectivity index (χ3v) is 4.56. The van der Waals surface area contributed by atoms with E-state index in [0.29, 0.717) is 17.7 Å². The average Bonchev–Trinajstić information content (AvgIpc) is 2.62. The summed E-state index contributed by atoms with van der Waals surface area (Å²) in [6.45, 7) is 2.20. The van der Waals surface area contributed by atoms with Gasteiger partial charge in [-0.05, 0) is 56.0 Å². The molecule has 0 aromatic heterocycles. The Labute approximate surface area is 141 Å². The van der Waals surface area contributed by atoms with Crippen molar-refractivity contribution in [2.75, 3.05) is 6.54 Å². The second kappa shape index (κ2) is 6.95. The lowest BCUT2D eigenvalue weighted by atomic mass is 9.94. The van der Waals surface area contributed by atoms with Gasteiger partial charge in [-0.1, -0.05) is 24.3 Å². The summed E-state index contributed by atoms with van der Waals surface area (Å²) in [5.74, 6) is -0.331. The van der Waals surface area contributed by atoms with Crippen molar-refractivity contribution in [1.82, 2.24) is 4.90 Å². The van der Waals surface area contributed by atoms with Crippen LogP contribution in [0.5, 0.6) is 0 Å². The molecule has 3 rings (SSSR count). The molecule has 0 spiro atoms. The molecule has 0 radical (unpaired) electrons. The molecule has 124 valence electrons. The number of halogens is 1. The fourth-order valence-electron chi connectivity index (χ4n) is 3.22. The van der Waals surface area contributed by atoms with E-state index >= 15 is 0 Å². The minimum atomic E-state index is -0.271. The van der Waals surface area contributed by atoms with Crippen LogP contribution < -0.4 is 0 Å². The summed E-state index contributed by atoms with van der Waals surface area (Å²) in [6, 6.07) is 13.1. The second-order valence-corrected chi connectivity index (χ2v) is 6.20. The molecule has 0 N–H and O–H groups in total. The molecule has 1 amide bonds. The van der Waals surface area contributed by atoms with Gasteiger partial charge in [0.25, 0.3) is 5.91 Å². The molecule has 0 saturated carbocycles. The molecular formula is C20H20FNO2. The number of carbonyl (C=O) groups is 2. The SMILES string of the molecule is CC(=O)c1ccc(C(=O)N2CCCC[C@H]2c2ccc(F)cc2)cc1. The van der Waals surface area contributed by atoms with Crippen LogP contribution in [0.15, 0.2) is 48.5 Å². The maximum absolute atomic E-state index is 13.2. The standard InChI is InChI=1S/C20H20FNO2/c1-14(23)15-5-7-17(8-6-15)20(24)22-13-3-2-4-19(22)16-9-11-18(21)12-10-16/h5-12,19H,2-4,13H2,1H3/t19-/m0/s1. The predicted molar refractivity (Wildman–Crippen MR) is 90.5 cm³/mol. The number of rotatable bonds is 3. The first-order chi connectivity index (χ1) is 11.6. The van der Waals surface area contributed by atoms with E-state index in [-0.39, 0.29) is 23.5 Å². The lowest BCUT2D eigenvalue weighted by Gasteiger charge is -2.36. The number of Topliss-reactive ketones (excluding diaryl/α,β-unsaturated/α-hetero) is 1. The van der Waals surface area contributed by atoms with Crippen LogP contribution in [0.4, 0.5) is 4.39 Å². The summed E-state index contributed by atoms with van der Waals surface area (Å²) in [7, 11) is 0. The van der Waals surface area contributed by atoms with E-state index < -0.39 is 0 Å². The van der Waals surface area contributed by atoms with Crippen molar-refractivity contribution < 1.29 is 14.0 Å². The molecule has 1 aliphatic heterocycles. The minimum absolute atomic E-state index is 0.0174. The van der Waals surface area contributed by atoms with Gasteiger partial charge in [-0.15, -0.1) is 0 Å². The number of carbonyl (C=O) groups excluding carboxylic acids is 2. The van der Waals surface area contributed by atoms with Crippen molar-refractivity contribution in [3.05, 3.63) is 71.0 Å². The molecular weight excluding hydrogens is 305 g/mol. The van der Waals surface area contributed by atoms with E-state index in [1.807, 2.05) is 4.90 Å². The molecule has 1 heterocycles. The van der Waals surface area contributed by atoms with Crippen molar-refractivity contribution in [3.8, 4) is 0 Å². The van der Waals surface area contributed by atoms with E-state index in [9.17, 15) is 14.0 Å². The van der Waals surface area contributed by atoms with Crippen LogP contribution in [-0.2, 0) is 0 Å². The van der Waals surface area contributed by atoms with Crippen LogP contribution in [0.25, 0.3) is 0 Å². The Bertz CT molecular complexity index is 737.